The van der Waals surface area contributed by atoms with Crippen LogP contribution in [0.4, 0.5) is 5.69 Å². The van der Waals surface area contributed by atoms with Crippen LogP contribution in [0.3, 0.4) is 0 Å². The summed E-state index contributed by atoms with van der Waals surface area (Å²) in [5.41, 5.74) is 2.43. The first-order chi connectivity index (χ1) is 11.5. The number of thiazole rings is 1. The third kappa shape index (κ3) is 3.71. The first kappa shape index (κ1) is 16.4. The molecule has 0 aliphatic carbocycles. The van der Waals surface area contributed by atoms with Crippen LogP contribution in [0.15, 0.2) is 42.7 Å². The van der Waals surface area contributed by atoms with Gasteiger partial charge in [-0.2, -0.15) is 5.10 Å². The first-order valence-electron chi connectivity index (χ1n) is 7.90. The lowest BCUT2D eigenvalue weighted by Crippen LogP contribution is -2.11. The Labute approximate surface area is 145 Å². The largest absolute Gasteiger partial charge is 0.321 e. The molecule has 0 atom stereocenters. The van der Waals surface area contributed by atoms with Gasteiger partial charge < -0.3 is 5.32 Å². The lowest BCUT2D eigenvalue weighted by atomic mass is 10.1. The molecule has 1 amide bonds. The molecule has 6 heteroatoms. The van der Waals surface area contributed by atoms with Gasteiger partial charge in [0.2, 0.25) is 0 Å². The summed E-state index contributed by atoms with van der Waals surface area (Å²) >= 11 is 1.48. The van der Waals surface area contributed by atoms with Gasteiger partial charge >= 0.3 is 0 Å². The van der Waals surface area contributed by atoms with Gasteiger partial charge in [0.1, 0.15) is 4.88 Å². The van der Waals surface area contributed by atoms with E-state index in [0.717, 1.165) is 28.5 Å². The summed E-state index contributed by atoms with van der Waals surface area (Å²) < 4.78 is 1.76. The number of aryl methyl sites for hydroxylation is 1. The molecule has 0 saturated carbocycles. The van der Waals surface area contributed by atoms with Gasteiger partial charge in [-0.3, -0.25) is 4.79 Å². The Morgan fingerprint density at radius 1 is 1.33 bits per heavy atom. The lowest BCUT2D eigenvalue weighted by molar-refractivity contribution is 0.103. The molecule has 5 nitrogen and oxygen atoms in total. The van der Waals surface area contributed by atoms with Crippen molar-refractivity contribution in [3.05, 3.63) is 58.3 Å². The maximum Gasteiger partial charge on any atom is 0.267 e. The van der Waals surface area contributed by atoms with Crippen LogP contribution in [-0.4, -0.2) is 20.7 Å². The predicted molar refractivity (Wildman–Crippen MR) is 96.9 cm³/mol. The van der Waals surface area contributed by atoms with Crippen LogP contribution >= 0.6 is 11.3 Å². The van der Waals surface area contributed by atoms with Gasteiger partial charge in [-0.1, -0.05) is 19.9 Å². The number of benzene rings is 1. The van der Waals surface area contributed by atoms with Gasteiger partial charge in [0, 0.05) is 24.5 Å². The molecule has 0 aliphatic rings. The molecule has 0 radical (unpaired) electrons. The van der Waals surface area contributed by atoms with Crippen molar-refractivity contribution in [2.75, 3.05) is 5.32 Å². The maximum atomic E-state index is 12.6. The van der Waals surface area contributed by atoms with Crippen molar-refractivity contribution in [3.8, 4) is 5.69 Å². The van der Waals surface area contributed by atoms with Gasteiger partial charge in [0.15, 0.2) is 0 Å². The predicted octanol–water partition coefficient (Wildman–Crippen LogP) is 4.09. The van der Waals surface area contributed by atoms with E-state index in [1.165, 1.54) is 11.3 Å². The summed E-state index contributed by atoms with van der Waals surface area (Å²) in [7, 11) is 0. The molecular weight excluding hydrogens is 320 g/mol. The van der Waals surface area contributed by atoms with E-state index in [4.69, 9.17) is 0 Å². The van der Waals surface area contributed by atoms with E-state index in [1.807, 2.05) is 43.5 Å². The molecule has 0 saturated heterocycles. The Bertz CT molecular complexity index is 837. The second-order valence-corrected chi connectivity index (χ2v) is 7.16. The number of amides is 1. The fourth-order valence-corrected chi connectivity index (χ4v) is 3.61. The topological polar surface area (TPSA) is 59.8 Å². The Morgan fingerprint density at radius 2 is 2.17 bits per heavy atom. The molecule has 3 rings (SSSR count). The van der Waals surface area contributed by atoms with Gasteiger partial charge in [-0.05, 0) is 37.1 Å². The summed E-state index contributed by atoms with van der Waals surface area (Å²) in [5.74, 6) is 0.412. The molecule has 0 aliphatic heterocycles. The molecule has 0 spiro atoms. The van der Waals surface area contributed by atoms with E-state index in [0.29, 0.717) is 10.8 Å². The molecule has 1 aromatic carbocycles. The first-order valence-corrected chi connectivity index (χ1v) is 8.72. The normalized spacial score (nSPS) is 11.0. The second-order valence-electron chi connectivity index (χ2n) is 6.08. The second kappa shape index (κ2) is 6.97. The van der Waals surface area contributed by atoms with Crippen molar-refractivity contribution in [3.63, 3.8) is 0 Å². The van der Waals surface area contributed by atoms with Crippen molar-refractivity contribution >= 4 is 22.9 Å². The van der Waals surface area contributed by atoms with Gasteiger partial charge in [-0.25, -0.2) is 9.67 Å². The SMILES string of the molecule is Cc1nc(CC(C)C)sc1C(=O)Nc1cccc(-n2cccn2)c1. The quantitative estimate of drug-likeness (QED) is 0.761. The Kier molecular flexibility index (Phi) is 4.76. The van der Waals surface area contributed by atoms with E-state index in [2.05, 4.69) is 29.2 Å². The van der Waals surface area contributed by atoms with Crippen molar-refractivity contribution in [1.29, 1.82) is 0 Å². The average molecular weight is 340 g/mol. The highest BCUT2D eigenvalue weighted by Gasteiger charge is 2.16. The van der Waals surface area contributed by atoms with E-state index < -0.39 is 0 Å². The maximum absolute atomic E-state index is 12.6. The number of carbonyl (C=O) groups is 1. The van der Waals surface area contributed by atoms with Crippen molar-refractivity contribution in [2.45, 2.75) is 27.2 Å². The van der Waals surface area contributed by atoms with Crippen molar-refractivity contribution in [2.24, 2.45) is 5.92 Å². The van der Waals surface area contributed by atoms with Crippen LogP contribution in [0.1, 0.15) is 34.2 Å². The summed E-state index contributed by atoms with van der Waals surface area (Å²) in [6, 6.07) is 9.48. The standard InChI is InChI=1S/C18H20N4OS/c1-12(2)10-16-20-13(3)17(24-16)18(23)21-14-6-4-7-15(11-14)22-9-5-8-19-22/h4-9,11-12H,10H2,1-3H3,(H,21,23). The van der Waals surface area contributed by atoms with Crippen LogP contribution < -0.4 is 5.32 Å². The fourth-order valence-electron chi connectivity index (χ4n) is 2.44. The molecule has 124 valence electrons. The fraction of sp³-hybridized carbons (Fsp3) is 0.278. The zero-order valence-electron chi connectivity index (χ0n) is 14.0. The van der Waals surface area contributed by atoms with Gasteiger partial charge in [0.05, 0.1) is 16.4 Å². The minimum absolute atomic E-state index is 0.113. The smallest absolute Gasteiger partial charge is 0.267 e. The molecule has 2 heterocycles. The van der Waals surface area contributed by atoms with Gasteiger partial charge in [0.25, 0.3) is 5.91 Å². The molecule has 3 aromatic rings. The highest BCUT2D eigenvalue weighted by molar-refractivity contribution is 7.13. The van der Waals surface area contributed by atoms with Crippen molar-refractivity contribution in [1.82, 2.24) is 14.8 Å². The van der Waals surface area contributed by atoms with Crippen molar-refractivity contribution < 1.29 is 4.79 Å². The highest BCUT2D eigenvalue weighted by Crippen LogP contribution is 2.22. The average Bonchev–Trinajstić information content (AvgIpc) is 3.17. The molecule has 0 bridgehead atoms. The van der Waals surface area contributed by atoms with Crippen LogP contribution in [0, 0.1) is 12.8 Å². The molecule has 1 N–H and O–H groups in total. The number of nitrogens with one attached hydrogen (secondary N) is 1. The monoisotopic (exact) mass is 340 g/mol. The molecule has 0 unspecified atom stereocenters. The number of hydrogen-bond donors (Lipinski definition) is 1. The minimum Gasteiger partial charge on any atom is -0.321 e. The molecule has 24 heavy (non-hydrogen) atoms. The summed E-state index contributed by atoms with van der Waals surface area (Å²) in [6.07, 6.45) is 4.49. The zero-order valence-corrected chi connectivity index (χ0v) is 14.8. The number of hydrogen-bond acceptors (Lipinski definition) is 4. The van der Waals surface area contributed by atoms with E-state index in [-0.39, 0.29) is 5.91 Å². The molecule has 2 aromatic heterocycles. The molecule has 0 fully saturated rings. The summed E-state index contributed by atoms with van der Waals surface area (Å²) in [6.45, 7) is 6.18. The third-order valence-electron chi connectivity index (χ3n) is 3.50. The zero-order chi connectivity index (χ0) is 17.1. The minimum atomic E-state index is -0.113. The Balaban J connectivity index is 1.78. The van der Waals surface area contributed by atoms with E-state index in [9.17, 15) is 4.79 Å². The van der Waals surface area contributed by atoms with E-state index >= 15 is 0 Å². The number of anilines is 1. The third-order valence-corrected chi connectivity index (χ3v) is 4.68. The number of rotatable bonds is 5. The van der Waals surface area contributed by atoms with Crippen LogP contribution in [-0.2, 0) is 6.42 Å². The Morgan fingerprint density at radius 3 is 2.88 bits per heavy atom. The van der Waals surface area contributed by atoms with E-state index in [1.54, 1.807) is 10.9 Å². The van der Waals surface area contributed by atoms with Crippen LogP contribution in [0.5, 0.6) is 0 Å². The van der Waals surface area contributed by atoms with Gasteiger partial charge in [-0.15, -0.1) is 11.3 Å². The van der Waals surface area contributed by atoms with Crippen LogP contribution in [0.2, 0.25) is 0 Å². The number of aromatic nitrogens is 3. The number of carbonyl (C=O) groups excluding carboxylic acids is 1. The number of nitrogens with zero attached hydrogens (tertiary/aromatic N) is 3. The Hall–Kier alpha value is -2.47. The molecular formula is C18H20N4OS. The summed E-state index contributed by atoms with van der Waals surface area (Å²) in [4.78, 5) is 17.8. The summed E-state index contributed by atoms with van der Waals surface area (Å²) in [5, 5.41) is 8.18. The lowest BCUT2D eigenvalue weighted by Gasteiger charge is -2.07. The van der Waals surface area contributed by atoms with Crippen LogP contribution in [0.25, 0.3) is 5.69 Å². The highest BCUT2D eigenvalue weighted by atomic mass is 32.1.